The maximum atomic E-state index is 13.5. The molecule has 1 aliphatic rings. The van der Waals surface area contributed by atoms with Crippen LogP contribution >= 0.6 is 0 Å². The first-order valence-electron chi connectivity index (χ1n) is 10.3. The number of amides is 1. The standard InChI is InChI=1S/C21H21F3N6O3/c1-33-19(32)12-4-6-15(7-5-12)26-16-9-14(21(22,23)24)10-17-27-20(29-30(16)17)28-18(31)13-3-2-8-25-11-13/h2-3,8-12,15,26H,4-7H2,1H3,(H,28,29,31). The van der Waals surface area contributed by atoms with Gasteiger partial charge >= 0.3 is 12.1 Å². The second-order valence-corrected chi connectivity index (χ2v) is 7.74. The van der Waals surface area contributed by atoms with Gasteiger partial charge in [0.1, 0.15) is 5.82 Å². The van der Waals surface area contributed by atoms with Crippen molar-refractivity contribution in [2.75, 3.05) is 17.7 Å². The minimum Gasteiger partial charge on any atom is -0.469 e. The summed E-state index contributed by atoms with van der Waals surface area (Å²) in [4.78, 5) is 32.0. The number of anilines is 2. The smallest absolute Gasteiger partial charge is 0.416 e. The van der Waals surface area contributed by atoms with Crippen molar-refractivity contribution in [3.8, 4) is 0 Å². The maximum Gasteiger partial charge on any atom is 0.416 e. The normalized spacial score (nSPS) is 18.7. The topological polar surface area (TPSA) is 111 Å². The van der Waals surface area contributed by atoms with Gasteiger partial charge in [-0.3, -0.25) is 19.9 Å². The fraction of sp³-hybridized carbons (Fsp3) is 0.381. The Morgan fingerprint density at radius 1 is 1.18 bits per heavy atom. The van der Waals surface area contributed by atoms with Crippen LogP contribution < -0.4 is 10.6 Å². The zero-order chi connectivity index (χ0) is 23.6. The molecule has 0 spiro atoms. The minimum absolute atomic E-state index is 0.0722. The highest BCUT2D eigenvalue weighted by Crippen LogP contribution is 2.33. The van der Waals surface area contributed by atoms with Crippen molar-refractivity contribution in [2.24, 2.45) is 5.92 Å². The first-order chi connectivity index (χ1) is 15.7. The van der Waals surface area contributed by atoms with Crippen LogP contribution in [0, 0.1) is 5.92 Å². The number of carbonyl (C=O) groups excluding carboxylic acids is 2. The molecule has 3 aromatic heterocycles. The molecule has 0 aliphatic heterocycles. The second kappa shape index (κ2) is 9.04. The molecule has 0 saturated heterocycles. The lowest BCUT2D eigenvalue weighted by Crippen LogP contribution is -2.30. The molecule has 33 heavy (non-hydrogen) atoms. The van der Waals surface area contributed by atoms with Gasteiger partial charge in [-0.2, -0.15) is 22.7 Å². The van der Waals surface area contributed by atoms with E-state index in [-0.39, 0.29) is 40.9 Å². The lowest BCUT2D eigenvalue weighted by atomic mass is 9.86. The third-order valence-electron chi connectivity index (χ3n) is 5.53. The largest absolute Gasteiger partial charge is 0.469 e. The lowest BCUT2D eigenvalue weighted by molar-refractivity contribution is -0.146. The Kier molecular flexibility index (Phi) is 6.16. The van der Waals surface area contributed by atoms with Crippen LogP contribution in [0.3, 0.4) is 0 Å². The molecule has 3 heterocycles. The Labute approximate surface area is 186 Å². The Balaban J connectivity index is 1.59. The Hall–Kier alpha value is -3.70. The van der Waals surface area contributed by atoms with Crippen molar-refractivity contribution < 1.29 is 27.5 Å². The van der Waals surface area contributed by atoms with Crippen LogP contribution in [0.5, 0.6) is 0 Å². The van der Waals surface area contributed by atoms with E-state index in [0.29, 0.717) is 25.7 Å². The maximum absolute atomic E-state index is 13.5. The summed E-state index contributed by atoms with van der Waals surface area (Å²) in [6.45, 7) is 0. The van der Waals surface area contributed by atoms with E-state index in [9.17, 15) is 22.8 Å². The highest BCUT2D eigenvalue weighted by molar-refractivity contribution is 6.03. The Bertz CT molecular complexity index is 1160. The molecule has 3 aromatic rings. The molecule has 1 fully saturated rings. The first kappa shape index (κ1) is 22.5. The number of nitrogens with one attached hydrogen (secondary N) is 2. The zero-order valence-electron chi connectivity index (χ0n) is 17.6. The summed E-state index contributed by atoms with van der Waals surface area (Å²) in [5.74, 6) is -1.07. The Morgan fingerprint density at radius 3 is 2.58 bits per heavy atom. The van der Waals surface area contributed by atoms with Gasteiger partial charge in [0, 0.05) is 18.4 Å². The summed E-state index contributed by atoms with van der Waals surface area (Å²) < 4.78 is 46.4. The van der Waals surface area contributed by atoms with E-state index in [2.05, 4.69) is 25.7 Å². The summed E-state index contributed by atoms with van der Waals surface area (Å²) in [7, 11) is 1.33. The van der Waals surface area contributed by atoms with E-state index >= 15 is 0 Å². The van der Waals surface area contributed by atoms with E-state index in [0.717, 1.165) is 12.1 Å². The number of halogens is 3. The number of pyridine rings is 2. The van der Waals surface area contributed by atoms with E-state index in [1.807, 2.05) is 0 Å². The molecule has 174 valence electrons. The van der Waals surface area contributed by atoms with Gasteiger partial charge in [-0.05, 0) is 49.9 Å². The summed E-state index contributed by atoms with van der Waals surface area (Å²) in [5.41, 5.74) is -0.705. The van der Waals surface area contributed by atoms with Crippen molar-refractivity contribution >= 4 is 29.3 Å². The molecular weight excluding hydrogens is 441 g/mol. The van der Waals surface area contributed by atoms with Crippen molar-refractivity contribution in [1.82, 2.24) is 19.6 Å². The molecule has 0 aromatic carbocycles. The first-order valence-corrected chi connectivity index (χ1v) is 10.3. The number of methoxy groups -OCH3 is 1. The molecule has 4 rings (SSSR count). The predicted molar refractivity (Wildman–Crippen MR) is 112 cm³/mol. The molecule has 0 atom stereocenters. The summed E-state index contributed by atoms with van der Waals surface area (Å²) in [6.07, 6.45) is 0.561. The third-order valence-corrected chi connectivity index (χ3v) is 5.53. The number of fused-ring (bicyclic) bond motifs is 1. The monoisotopic (exact) mass is 462 g/mol. The SMILES string of the molecule is COC(=O)C1CCC(Nc2cc(C(F)(F)F)cc3nc(NC(=O)c4cccnc4)nn23)CC1. The van der Waals surface area contributed by atoms with Gasteiger partial charge < -0.3 is 10.1 Å². The molecule has 1 saturated carbocycles. The third kappa shape index (κ3) is 5.04. The lowest BCUT2D eigenvalue weighted by Gasteiger charge is -2.28. The highest BCUT2D eigenvalue weighted by Gasteiger charge is 2.33. The molecule has 9 nitrogen and oxygen atoms in total. The second-order valence-electron chi connectivity index (χ2n) is 7.74. The summed E-state index contributed by atoms with van der Waals surface area (Å²) >= 11 is 0. The number of ether oxygens (including phenoxy) is 1. The molecule has 0 bridgehead atoms. The van der Waals surface area contributed by atoms with Crippen LogP contribution in [0.25, 0.3) is 5.65 Å². The van der Waals surface area contributed by atoms with Crippen molar-refractivity contribution in [1.29, 1.82) is 0 Å². The van der Waals surface area contributed by atoms with E-state index in [4.69, 9.17) is 4.74 Å². The summed E-state index contributed by atoms with van der Waals surface area (Å²) in [5, 5.41) is 9.75. The van der Waals surface area contributed by atoms with Crippen molar-refractivity contribution in [2.45, 2.75) is 37.9 Å². The molecule has 1 aliphatic carbocycles. The molecule has 12 heteroatoms. The minimum atomic E-state index is -4.59. The van der Waals surface area contributed by atoms with Crippen LogP contribution in [0.15, 0.2) is 36.7 Å². The number of alkyl halides is 3. The predicted octanol–water partition coefficient (Wildman–Crippen LogP) is 3.54. The van der Waals surface area contributed by atoms with Gasteiger partial charge in [0.05, 0.1) is 24.2 Å². The highest BCUT2D eigenvalue weighted by atomic mass is 19.4. The van der Waals surface area contributed by atoms with Gasteiger partial charge in [-0.1, -0.05) is 0 Å². The molecular formula is C21H21F3N6O3. The van der Waals surface area contributed by atoms with Crippen molar-refractivity contribution in [3.05, 3.63) is 47.8 Å². The van der Waals surface area contributed by atoms with Gasteiger partial charge in [-0.25, -0.2) is 0 Å². The molecule has 2 N–H and O–H groups in total. The molecule has 1 amide bonds. The number of esters is 1. The van der Waals surface area contributed by atoms with Crippen LogP contribution in [0.2, 0.25) is 0 Å². The average molecular weight is 462 g/mol. The van der Waals surface area contributed by atoms with Gasteiger partial charge in [-0.15, -0.1) is 5.10 Å². The van der Waals surface area contributed by atoms with E-state index < -0.39 is 17.6 Å². The quantitative estimate of drug-likeness (QED) is 0.558. The molecule has 0 radical (unpaired) electrons. The van der Waals surface area contributed by atoms with Crippen LogP contribution in [0.1, 0.15) is 41.6 Å². The number of rotatable bonds is 5. The fourth-order valence-electron chi connectivity index (χ4n) is 3.82. The number of hydrogen-bond acceptors (Lipinski definition) is 7. The summed E-state index contributed by atoms with van der Waals surface area (Å²) in [6, 6.07) is 4.79. The Morgan fingerprint density at radius 2 is 1.94 bits per heavy atom. The van der Waals surface area contributed by atoms with Crippen LogP contribution in [0.4, 0.5) is 24.9 Å². The zero-order valence-corrected chi connectivity index (χ0v) is 17.6. The number of hydrogen-bond donors (Lipinski definition) is 2. The van der Waals surface area contributed by atoms with Crippen LogP contribution in [-0.2, 0) is 15.7 Å². The fourth-order valence-corrected chi connectivity index (χ4v) is 3.82. The average Bonchev–Trinajstić information content (AvgIpc) is 3.21. The van der Waals surface area contributed by atoms with E-state index in [1.54, 1.807) is 6.07 Å². The number of carbonyl (C=O) groups is 2. The van der Waals surface area contributed by atoms with Gasteiger partial charge in [0.2, 0.25) is 5.95 Å². The van der Waals surface area contributed by atoms with Crippen molar-refractivity contribution in [3.63, 3.8) is 0 Å². The van der Waals surface area contributed by atoms with Crippen LogP contribution in [-0.4, -0.2) is 44.6 Å². The van der Waals surface area contributed by atoms with E-state index in [1.165, 1.54) is 30.1 Å². The van der Waals surface area contributed by atoms with Gasteiger partial charge in [0.15, 0.2) is 5.65 Å². The molecule has 0 unspecified atom stereocenters. The van der Waals surface area contributed by atoms with Gasteiger partial charge in [0.25, 0.3) is 5.91 Å². The number of nitrogens with zero attached hydrogens (tertiary/aromatic N) is 4. The number of aromatic nitrogens is 4.